The van der Waals surface area contributed by atoms with Crippen LogP contribution < -0.4 is 4.90 Å². The molecule has 0 unspecified atom stereocenters. The van der Waals surface area contributed by atoms with E-state index in [4.69, 9.17) is 0 Å². The smallest absolute Gasteiger partial charge is 0.187 e. The molecule has 3 aromatic rings. The highest BCUT2D eigenvalue weighted by Crippen LogP contribution is 2.30. The molecule has 5 nitrogen and oxygen atoms in total. The van der Waals surface area contributed by atoms with Crippen molar-refractivity contribution in [2.75, 3.05) is 31.1 Å². The van der Waals surface area contributed by atoms with E-state index in [0.717, 1.165) is 59.8 Å². The largest absolute Gasteiger partial charge is 0.374 e. The molecule has 0 atom stereocenters. The molecule has 1 aromatic carbocycles. The maximum absolute atomic E-state index is 12.4. The Hall–Kier alpha value is -2.73. The van der Waals surface area contributed by atoms with Crippen LogP contribution in [0.5, 0.6) is 0 Å². The topological polar surface area (TPSA) is 49.3 Å². The lowest BCUT2D eigenvalue weighted by Gasteiger charge is -2.35. The molecule has 144 valence electrons. The summed E-state index contributed by atoms with van der Waals surface area (Å²) in [4.78, 5) is 28.3. The van der Waals surface area contributed by atoms with Crippen LogP contribution in [-0.2, 0) is 6.42 Å². The van der Waals surface area contributed by atoms with Gasteiger partial charge in [0.2, 0.25) is 0 Å². The molecule has 0 aliphatic carbocycles. The van der Waals surface area contributed by atoms with Crippen LogP contribution in [0.15, 0.2) is 48.9 Å². The van der Waals surface area contributed by atoms with Gasteiger partial charge in [-0.1, -0.05) is 30.7 Å². The van der Waals surface area contributed by atoms with Gasteiger partial charge >= 0.3 is 0 Å². The number of anilines is 1. The lowest BCUT2D eigenvalue weighted by atomic mass is 10.1. The Labute approximate surface area is 169 Å². The fraction of sp³-hybridized carbons (Fsp3) is 0.318. The fourth-order valence-corrected chi connectivity index (χ4v) is 4.40. The van der Waals surface area contributed by atoms with Crippen molar-refractivity contribution in [1.29, 1.82) is 0 Å². The Balaban J connectivity index is 1.41. The van der Waals surface area contributed by atoms with Gasteiger partial charge in [-0.3, -0.25) is 4.79 Å². The highest BCUT2D eigenvalue weighted by Gasteiger charge is 2.19. The molecule has 6 heteroatoms. The SMILES string of the molecule is CCc1cc2c(N3CCN(C=CC(=O)c4cccc(C)c4)CC3)ncnc2s1. The number of benzene rings is 1. The van der Waals surface area contributed by atoms with Gasteiger partial charge in [0, 0.05) is 48.9 Å². The van der Waals surface area contributed by atoms with Gasteiger partial charge in [-0.25, -0.2) is 9.97 Å². The minimum atomic E-state index is 0.0500. The lowest BCUT2D eigenvalue weighted by molar-refractivity contribution is 0.104. The number of aryl methyl sites for hydroxylation is 2. The van der Waals surface area contributed by atoms with E-state index in [1.807, 2.05) is 37.4 Å². The Morgan fingerprint density at radius 1 is 1.18 bits per heavy atom. The highest BCUT2D eigenvalue weighted by molar-refractivity contribution is 7.18. The van der Waals surface area contributed by atoms with E-state index in [0.29, 0.717) is 0 Å². The zero-order valence-corrected chi connectivity index (χ0v) is 17.1. The minimum Gasteiger partial charge on any atom is -0.374 e. The van der Waals surface area contributed by atoms with Crippen LogP contribution in [0.1, 0.15) is 27.7 Å². The van der Waals surface area contributed by atoms with E-state index in [1.165, 1.54) is 4.88 Å². The van der Waals surface area contributed by atoms with Gasteiger partial charge in [0.15, 0.2) is 5.78 Å². The van der Waals surface area contributed by atoms with Crippen molar-refractivity contribution in [2.45, 2.75) is 20.3 Å². The van der Waals surface area contributed by atoms with Crippen LogP contribution in [0, 0.1) is 6.92 Å². The van der Waals surface area contributed by atoms with Gasteiger partial charge in [0.1, 0.15) is 17.0 Å². The Morgan fingerprint density at radius 3 is 2.75 bits per heavy atom. The van der Waals surface area contributed by atoms with E-state index in [1.54, 1.807) is 23.7 Å². The summed E-state index contributed by atoms with van der Waals surface area (Å²) in [5.74, 6) is 1.08. The van der Waals surface area contributed by atoms with E-state index < -0.39 is 0 Å². The molecule has 0 radical (unpaired) electrons. The molecule has 1 aliphatic rings. The number of piperazine rings is 1. The minimum absolute atomic E-state index is 0.0500. The molecule has 0 saturated carbocycles. The molecule has 1 aliphatic heterocycles. The number of hydrogen-bond acceptors (Lipinski definition) is 6. The first-order chi connectivity index (χ1) is 13.6. The van der Waals surface area contributed by atoms with Crippen LogP contribution in [0.4, 0.5) is 5.82 Å². The second-order valence-corrected chi connectivity index (χ2v) is 8.17. The molecule has 1 fully saturated rings. The maximum atomic E-state index is 12.4. The first kappa shape index (κ1) is 18.6. The summed E-state index contributed by atoms with van der Waals surface area (Å²) in [5.41, 5.74) is 1.84. The molecule has 2 aromatic heterocycles. The molecule has 1 saturated heterocycles. The third kappa shape index (κ3) is 3.92. The summed E-state index contributed by atoms with van der Waals surface area (Å²) in [5, 5.41) is 1.16. The molecule has 28 heavy (non-hydrogen) atoms. The van der Waals surface area contributed by atoms with Crippen LogP contribution in [0.2, 0.25) is 0 Å². The van der Waals surface area contributed by atoms with Crippen molar-refractivity contribution in [1.82, 2.24) is 14.9 Å². The number of fused-ring (bicyclic) bond motifs is 1. The molecule has 0 spiro atoms. The fourth-order valence-electron chi connectivity index (χ4n) is 3.47. The van der Waals surface area contributed by atoms with Crippen molar-refractivity contribution in [2.24, 2.45) is 0 Å². The summed E-state index contributed by atoms with van der Waals surface area (Å²) >= 11 is 1.75. The van der Waals surface area contributed by atoms with Gasteiger partial charge in [-0.05, 0) is 25.5 Å². The van der Waals surface area contributed by atoms with Gasteiger partial charge in [-0.15, -0.1) is 11.3 Å². The summed E-state index contributed by atoms with van der Waals surface area (Å²) in [6.45, 7) is 7.67. The molecule has 3 heterocycles. The Morgan fingerprint density at radius 2 is 2.00 bits per heavy atom. The number of thiophene rings is 1. The second kappa shape index (κ2) is 8.10. The number of rotatable bonds is 5. The van der Waals surface area contributed by atoms with Crippen molar-refractivity contribution in [3.63, 3.8) is 0 Å². The van der Waals surface area contributed by atoms with Gasteiger partial charge in [0.05, 0.1) is 5.39 Å². The number of carbonyl (C=O) groups is 1. The van der Waals surface area contributed by atoms with Gasteiger partial charge < -0.3 is 9.80 Å². The lowest BCUT2D eigenvalue weighted by Crippen LogP contribution is -2.44. The van der Waals surface area contributed by atoms with Crippen LogP contribution in [0.25, 0.3) is 10.2 Å². The quantitative estimate of drug-likeness (QED) is 0.484. The third-order valence-corrected chi connectivity index (χ3v) is 6.25. The molecule has 0 bridgehead atoms. The number of allylic oxidation sites excluding steroid dienone is 1. The Kier molecular flexibility index (Phi) is 5.39. The van der Waals surface area contributed by atoms with Crippen molar-refractivity contribution in [3.05, 3.63) is 64.9 Å². The van der Waals surface area contributed by atoms with E-state index in [9.17, 15) is 4.79 Å². The molecule has 4 rings (SSSR count). The maximum Gasteiger partial charge on any atom is 0.187 e. The monoisotopic (exact) mass is 392 g/mol. The number of hydrogen-bond donors (Lipinski definition) is 0. The summed E-state index contributed by atoms with van der Waals surface area (Å²) in [6, 6.07) is 9.94. The summed E-state index contributed by atoms with van der Waals surface area (Å²) in [7, 11) is 0. The predicted octanol–water partition coefficient (Wildman–Crippen LogP) is 4.08. The van der Waals surface area contributed by atoms with Crippen LogP contribution in [-0.4, -0.2) is 46.8 Å². The number of nitrogens with zero attached hydrogens (tertiary/aromatic N) is 4. The molecular formula is C22H24N4OS. The summed E-state index contributed by atoms with van der Waals surface area (Å²) < 4.78 is 0. The van der Waals surface area contributed by atoms with Crippen LogP contribution >= 0.6 is 11.3 Å². The number of ketones is 1. The Bertz CT molecular complexity index is 1020. The molecular weight excluding hydrogens is 368 g/mol. The van der Waals surface area contributed by atoms with E-state index in [2.05, 4.69) is 32.8 Å². The third-order valence-electron chi connectivity index (χ3n) is 5.06. The second-order valence-electron chi connectivity index (χ2n) is 7.05. The average Bonchev–Trinajstić information content (AvgIpc) is 3.16. The van der Waals surface area contributed by atoms with Crippen molar-refractivity contribution in [3.8, 4) is 0 Å². The molecule has 0 N–H and O–H groups in total. The highest BCUT2D eigenvalue weighted by atomic mass is 32.1. The zero-order valence-electron chi connectivity index (χ0n) is 16.3. The predicted molar refractivity (Wildman–Crippen MR) is 115 cm³/mol. The average molecular weight is 393 g/mol. The first-order valence-electron chi connectivity index (χ1n) is 9.65. The van der Waals surface area contributed by atoms with Gasteiger partial charge in [0.25, 0.3) is 0 Å². The van der Waals surface area contributed by atoms with Gasteiger partial charge in [-0.2, -0.15) is 0 Å². The van der Waals surface area contributed by atoms with Crippen LogP contribution in [0.3, 0.4) is 0 Å². The van der Waals surface area contributed by atoms with E-state index >= 15 is 0 Å². The number of aromatic nitrogens is 2. The first-order valence-corrected chi connectivity index (χ1v) is 10.5. The standard InChI is InChI=1S/C22H24N4OS/c1-3-18-14-19-21(23-15-24-22(19)28-18)26-11-9-25(10-12-26)8-7-20(27)17-6-4-5-16(2)13-17/h4-8,13-15H,3,9-12H2,1-2H3. The number of carbonyl (C=O) groups excluding carboxylic acids is 1. The normalized spacial score (nSPS) is 14.9. The molecule has 0 amide bonds. The van der Waals surface area contributed by atoms with Crippen molar-refractivity contribution >= 4 is 33.2 Å². The zero-order chi connectivity index (χ0) is 19.5. The van der Waals surface area contributed by atoms with E-state index in [-0.39, 0.29) is 5.78 Å². The summed E-state index contributed by atoms with van der Waals surface area (Å²) in [6.07, 6.45) is 6.30. The van der Waals surface area contributed by atoms with Crippen molar-refractivity contribution < 1.29 is 4.79 Å².